The summed E-state index contributed by atoms with van der Waals surface area (Å²) in [5, 5.41) is 0. The molecule has 1 fully saturated rings. The molecule has 0 spiro atoms. The summed E-state index contributed by atoms with van der Waals surface area (Å²) in [5.41, 5.74) is 1.33. The third-order valence-corrected chi connectivity index (χ3v) is 5.41. The number of allylic oxidation sites excluding steroid dienone is 1. The summed E-state index contributed by atoms with van der Waals surface area (Å²) in [4.78, 5) is 0. The highest BCUT2D eigenvalue weighted by atomic mass is 32.2. The largest absolute Gasteiger partial charge is 0.598 e. The van der Waals surface area contributed by atoms with E-state index in [1.54, 1.807) is 6.92 Å². The predicted molar refractivity (Wildman–Crippen MR) is 93.7 cm³/mol. The molecule has 2 rings (SSSR count). The Balaban J connectivity index is 2.15. The molecule has 1 aromatic rings. The van der Waals surface area contributed by atoms with Crippen LogP contribution in [0, 0.1) is 11.6 Å². The first-order valence-corrected chi connectivity index (χ1v) is 9.38. The molecule has 0 aliphatic carbocycles. The zero-order valence-corrected chi connectivity index (χ0v) is 16.0. The lowest BCUT2D eigenvalue weighted by molar-refractivity contribution is -0.239. The van der Waals surface area contributed by atoms with Crippen molar-refractivity contribution in [3.05, 3.63) is 46.9 Å². The molecule has 0 radical (unpaired) electrons. The van der Waals surface area contributed by atoms with Crippen molar-refractivity contribution in [2.45, 2.75) is 64.5 Å². The van der Waals surface area contributed by atoms with Crippen LogP contribution in [0.5, 0.6) is 0 Å². The summed E-state index contributed by atoms with van der Waals surface area (Å²) in [6.45, 7) is 9.19. The number of hydrogen-bond acceptors (Lipinski definition) is 4. The molecule has 0 aromatic heterocycles. The van der Waals surface area contributed by atoms with Gasteiger partial charge in [0.1, 0.15) is 16.4 Å². The topological polar surface area (TPSA) is 53.5 Å². The van der Waals surface area contributed by atoms with Gasteiger partial charge in [0.15, 0.2) is 0 Å². The quantitative estimate of drug-likeness (QED) is 0.748. The Kier molecular flexibility index (Phi) is 6.35. The average molecular weight is 373 g/mol. The standard InChI is InChI=1S/C18H25F2NO3S/c1-11(17-23-12(2)24-17)6-7-16(21-25(22)18(3,4)5)13-8-14(19)10-15(20)9-13/h8-10,12,16,21H,6-7H2,1-5H3/t12?,16-,25?/m0/s1. The molecule has 1 unspecified atom stereocenters. The molecule has 1 saturated heterocycles. The van der Waals surface area contributed by atoms with E-state index in [1.807, 2.05) is 27.7 Å². The first kappa shape index (κ1) is 20.0. The highest BCUT2D eigenvalue weighted by molar-refractivity contribution is 7.90. The van der Waals surface area contributed by atoms with Crippen molar-refractivity contribution in [2.75, 3.05) is 0 Å². The van der Waals surface area contributed by atoms with Crippen molar-refractivity contribution in [1.82, 2.24) is 4.72 Å². The maximum atomic E-state index is 13.6. The van der Waals surface area contributed by atoms with Crippen LogP contribution < -0.4 is 4.72 Å². The number of benzene rings is 1. The van der Waals surface area contributed by atoms with Crippen molar-refractivity contribution in [1.29, 1.82) is 0 Å². The minimum atomic E-state index is -1.37. The number of hydrogen-bond donors (Lipinski definition) is 1. The van der Waals surface area contributed by atoms with Crippen molar-refractivity contribution in [2.24, 2.45) is 0 Å². The van der Waals surface area contributed by atoms with Crippen LogP contribution in [0.25, 0.3) is 0 Å². The fourth-order valence-electron chi connectivity index (χ4n) is 2.35. The SMILES string of the molecule is CC(CC[C@H](N[S+]([O-])C(C)(C)C)c1cc(F)cc(F)c1)=C1OC(C)O1. The van der Waals surface area contributed by atoms with Crippen LogP contribution in [0.4, 0.5) is 8.78 Å². The van der Waals surface area contributed by atoms with Gasteiger partial charge in [0.2, 0.25) is 6.29 Å². The molecule has 0 saturated carbocycles. The fourth-order valence-corrected chi connectivity index (χ4v) is 3.22. The van der Waals surface area contributed by atoms with E-state index in [0.29, 0.717) is 24.4 Å². The second-order valence-electron chi connectivity index (χ2n) is 7.16. The second-order valence-corrected chi connectivity index (χ2v) is 9.16. The van der Waals surface area contributed by atoms with Crippen molar-refractivity contribution in [3.63, 3.8) is 0 Å². The van der Waals surface area contributed by atoms with Gasteiger partial charge in [-0.1, -0.05) is 0 Å². The Morgan fingerprint density at radius 3 is 2.28 bits per heavy atom. The molecule has 1 N–H and O–H groups in total. The Labute approximate surface area is 150 Å². The number of halogens is 2. The van der Waals surface area contributed by atoms with E-state index in [4.69, 9.17) is 9.47 Å². The lowest BCUT2D eigenvalue weighted by Crippen LogP contribution is -2.41. The lowest BCUT2D eigenvalue weighted by Gasteiger charge is -2.31. The predicted octanol–water partition coefficient (Wildman–Crippen LogP) is 4.46. The molecule has 7 heteroatoms. The molecule has 25 heavy (non-hydrogen) atoms. The van der Waals surface area contributed by atoms with E-state index in [2.05, 4.69) is 4.72 Å². The van der Waals surface area contributed by atoms with Gasteiger partial charge in [-0.15, -0.1) is 4.72 Å². The smallest absolute Gasteiger partial charge is 0.284 e. The van der Waals surface area contributed by atoms with Gasteiger partial charge in [-0.2, -0.15) is 0 Å². The van der Waals surface area contributed by atoms with E-state index in [9.17, 15) is 13.3 Å². The van der Waals surface area contributed by atoms with E-state index in [0.717, 1.165) is 11.6 Å². The molecule has 1 aromatic carbocycles. The minimum Gasteiger partial charge on any atom is -0.598 e. The highest BCUT2D eigenvalue weighted by Crippen LogP contribution is 2.30. The Morgan fingerprint density at radius 2 is 1.80 bits per heavy atom. The molecule has 0 amide bonds. The monoisotopic (exact) mass is 373 g/mol. The third-order valence-electron chi connectivity index (χ3n) is 3.80. The van der Waals surface area contributed by atoms with Gasteiger partial charge in [0, 0.05) is 29.9 Å². The zero-order valence-electron chi connectivity index (χ0n) is 15.2. The fraction of sp³-hybridized carbons (Fsp3) is 0.556. The first-order valence-electron chi connectivity index (χ1n) is 8.23. The average Bonchev–Trinajstić information content (AvgIpc) is 2.45. The number of ether oxygens (including phenoxy) is 2. The number of nitrogens with one attached hydrogen (secondary N) is 1. The summed E-state index contributed by atoms with van der Waals surface area (Å²) >= 11 is -1.37. The van der Waals surface area contributed by atoms with Gasteiger partial charge in [0.25, 0.3) is 5.95 Å². The molecule has 1 aliphatic rings. The Bertz CT molecular complexity index is 617. The molecular weight excluding hydrogens is 348 g/mol. The summed E-state index contributed by atoms with van der Waals surface area (Å²) in [6.07, 6.45) is 0.838. The van der Waals surface area contributed by atoms with Crippen LogP contribution in [-0.4, -0.2) is 15.6 Å². The van der Waals surface area contributed by atoms with E-state index >= 15 is 0 Å². The molecule has 4 nitrogen and oxygen atoms in total. The van der Waals surface area contributed by atoms with Crippen LogP contribution in [0.1, 0.15) is 59.1 Å². The van der Waals surface area contributed by atoms with Gasteiger partial charge < -0.3 is 14.0 Å². The van der Waals surface area contributed by atoms with Gasteiger partial charge in [-0.3, -0.25) is 0 Å². The molecule has 0 bridgehead atoms. The zero-order chi connectivity index (χ0) is 18.8. The second kappa shape index (κ2) is 7.93. The van der Waals surface area contributed by atoms with Crippen LogP contribution >= 0.6 is 0 Å². The minimum absolute atomic E-state index is 0.246. The summed E-state index contributed by atoms with van der Waals surface area (Å²) < 4.78 is 52.9. The van der Waals surface area contributed by atoms with Crippen LogP contribution in [0.2, 0.25) is 0 Å². The van der Waals surface area contributed by atoms with E-state index in [-0.39, 0.29) is 6.29 Å². The van der Waals surface area contributed by atoms with Crippen molar-refractivity contribution < 1.29 is 22.8 Å². The van der Waals surface area contributed by atoms with Crippen molar-refractivity contribution >= 4 is 11.4 Å². The van der Waals surface area contributed by atoms with Gasteiger partial charge >= 0.3 is 0 Å². The Morgan fingerprint density at radius 1 is 1.24 bits per heavy atom. The van der Waals surface area contributed by atoms with Gasteiger partial charge in [0.05, 0.1) is 6.04 Å². The molecule has 1 aliphatic heterocycles. The maximum absolute atomic E-state index is 13.6. The van der Waals surface area contributed by atoms with Crippen molar-refractivity contribution in [3.8, 4) is 0 Å². The summed E-state index contributed by atoms with van der Waals surface area (Å²) in [6, 6.07) is 2.90. The normalized spacial score (nSPS) is 19.5. The number of rotatable bonds is 6. The Hall–Kier alpha value is -1.31. The van der Waals surface area contributed by atoms with Crippen LogP contribution in [-0.2, 0) is 20.8 Å². The lowest BCUT2D eigenvalue weighted by atomic mass is 10.00. The molecular formula is C18H25F2NO3S. The van der Waals surface area contributed by atoms with Gasteiger partial charge in [-0.25, -0.2) is 8.78 Å². The third kappa shape index (κ3) is 5.59. The highest BCUT2D eigenvalue weighted by Gasteiger charge is 2.31. The molecule has 140 valence electrons. The molecule has 2 atom stereocenters. The van der Waals surface area contributed by atoms with E-state index < -0.39 is 33.8 Å². The summed E-state index contributed by atoms with van der Waals surface area (Å²) in [5.74, 6) is -0.815. The van der Waals surface area contributed by atoms with Crippen LogP contribution in [0.15, 0.2) is 29.7 Å². The first-order chi connectivity index (χ1) is 11.6. The maximum Gasteiger partial charge on any atom is 0.284 e. The van der Waals surface area contributed by atoms with Crippen LogP contribution in [0.3, 0.4) is 0 Å². The molecule has 1 heterocycles. The summed E-state index contributed by atoms with van der Waals surface area (Å²) in [7, 11) is 0. The van der Waals surface area contributed by atoms with Gasteiger partial charge in [-0.05, 0) is 58.2 Å². The van der Waals surface area contributed by atoms with E-state index in [1.165, 1.54) is 12.1 Å².